The molecule has 0 radical (unpaired) electrons. The minimum Gasteiger partial charge on any atom is -0.481 e. The average Bonchev–Trinajstić information content (AvgIpc) is 2.76. The molecule has 0 aliphatic heterocycles. The lowest BCUT2D eigenvalue weighted by Gasteiger charge is -2.19. The number of aliphatic carboxylic acids is 1. The van der Waals surface area contributed by atoms with Crippen LogP contribution in [0.15, 0.2) is 22.8 Å². The summed E-state index contributed by atoms with van der Waals surface area (Å²) < 4.78 is 4.91. The molecule has 1 aromatic rings. The summed E-state index contributed by atoms with van der Waals surface area (Å²) in [5.74, 6) is -1.27. The van der Waals surface area contributed by atoms with Crippen molar-refractivity contribution in [2.45, 2.75) is 6.42 Å². The Labute approximate surface area is 92.1 Å². The molecule has 1 heterocycles. The van der Waals surface area contributed by atoms with Gasteiger partial charge >= 0.3 is 5.97 Å². The van der Waals surface area contributed by atoms with Gasteiger partial charge in [-0.2, -0.15) is 0 Å². The van der Waals surface area contributed by atoms with E-state index < -0.39 is 11.9 Å². The molecule has 0 saturated heterocycles. The molecule has 0 saturated carbocycles. The van der Waals surface area contributed by atoms with Gasteiger partial charge in [0.1, 0.15) is 0 Å². The number of aliphatic hydroxyl groups excluding tert-OH is 1. The molecule has 0 atom stereocenters. The van der Waals surface area contributed by atoms with E-state index in [1.165, 1.54) is 17.2 Å². The Morgan fingerprint density at radius 2 is 2.12 bits per heavy atom. The van der Waals surface area contributed by atoms with E-state index in [1.54, 1.807) is 6.07 Å². The fraction of sp³-hybridized carbons (Fsp3) is 0.400. The van der Waals surface area contributed by atoms with Crippen molar-refractivity contribution in [3.8, 4) is 0 Å². The van der Waals surface area contributed by atoms with Crippen molar-refractivity contribution in [1.29, 1.82) is 0 Å². The number of furan rings is 1. The van der Waals surface area contributed by atoms with Gasteiger partial charge in [0.2, 0.25) is 0 Å². The van der Waals surface area contributed by atoms with Gasteiger partial charge in [-0.05, 0) is 12.1 Å². The fourth-order valence-corrected chi connectivity index (χ4v) is 1.22. The third-order valence-electron chi connectivity index (χ3n) is 1.98. The summed E-state index contributed by atoms with van der Waals surface area (Å²) in [6.45, 7) is -0.0751. The third kappa shape index (κ3) is 3.39. The van der Waals surface area contributed by atoms with Crippen molar-refractivity contribution in [3.05, 3.63) is 24.2 Å². The molecular weight excluding hydrogens is 214 g/mol. The highest BCUT2D eigenvalue weighted by atomic mass is 16.4. The van der Waals surface area contributed by atoms with E-state index in [0.29, 0.717) is 0 Å². The van der Waals surface area contributed by atoms with Crippen LogP contribution in [0.4, 0.5) is 0 Å². The van der Waals surface area contributed by atoms with Crippen molar-refractivity contribution in [1.82, 2.24) is 4.90 Å². The van der Waals surface area contributed by atoms with Gasteiger partial charge < -0.3 is 19.5 Å². The maximum absolute atomic E-state index is 11.7. The molecule has 0 unspecified atom stereocenters. The highest BCUT2D eigenvalue weighted by molar-refractivity contribution is 5.91. The van der Waals surface area contributed by atoms with Crippen LogP contribution in [0.2, 0.25) is 0 Å². The van der Waals surface area contributed by atoms with E-state index in [2.05, 4.69) is 0 Å². The monoisotopic (exact) mass is 227 g/mol. The lowest BCUT2D eigenvalue weighted by Crippen LogP contribution is -2.35. The molecule has 0 aliphatic rings. The number of hydrogen-bond acceptors (Lipinski definition) is 4. The average molecular weight is 227 g/mol. The lowest BCUT2D eigenvalue weighted by molar-refractivity contribution is -0.137. The van der Waals surface area contributed by atoms with E-state index in [9.17, 15) is 9.59 Å². The second kappa shape index (κ2) is 5.92. The second-order valence-corrected chi connectivity index (χ2v) is 3.14. The van der Waals surface area contributed by atoms with Crippen LogP contribution in [0, 0.1) is 0 Å². The van der Waals surface area contributed by atoms with Gasteiger partial charge in [-0.1, -0.05) is 0 Å². The number of carbonyl (C=O) groups is 2. The molecule has 16 heavy (non-hydrogen) atoms. The second-order valence-electron chi connectivity index (χ2n) is 3.14. The lowest BCUT2D eigenvalue weighted by atomic mass is 10.3. The van der Waals surface area contributed by atoms with Crippen LogP contribution in [0.3, 0.4) is 0 Å². The highest BCUT2D eigenvalue weighted by Gasteiger charge is 2.18. The summed E-state index contributed by atoms with van der Waals surface area (Å²) in [6, 6.07) is 3.06. The summed E-state index contributed by atoms with van der Waals surface area (Å²) in [5, 5.41) is 17.3. The van der Waals surface area contributed by atoms with Gasteiger partial charge in [0.05, 0.1) is 19.3 Å². The Morgan fingerprint density at radius 1 is 1.38 bits per heavy atom. The van der Waals surface area contributed by atoms with Crippen molar-refractivity contribution < 1.29 is 24.2 Å². The van der Waals surface area contributed by atoms with Crippen molar-refractivity contribution >= 4 is 11.9 Å². The van der Waals surface area contributed by atoms with Gasteiger partial charge in [0.15, 0.2) is 5.76 Å². The molecule has 6 heteroatoms. The molecule has 1 aromatic heterocycles. The van der Waals surface area contributed by atoms with Gasteiger partial charge in [-0.15, -0.1) is 0 Å². The van der Waals surface area contributed by atoms with Crippen LogP contribution in [0.25, 0.3) is 0 Å². The number of carboxylic acids is 1. The predicted octanol–water partition coefficient (Wildman–Crippen LogP) is 0.189. The van der Waals surface area contributed by atoms with Crippen LogP contribution in [-0.4, -0.2) is 46.7 Å². The van der Waals surface area contributed by atoms with Gasteiger partial charge in [-0.3, -0.25) is 9.59 Å². The van der Waals surface area contributed by atoms with Crippen LogP contribution < -0.4 is 0 Å². The standard InChI is InChI=1S/C10H13NO5/c12-6-5-11(4-3-9(13)14)10(15)8-2-1-7-16-8/h1-2,7,12H,3-6H2,(H,13,14). The summed E-state index contributed by atoms with van der Waals surface area (Å²) in [6.07, 6.45) is 1.20. The molecule has 0 aromatic carbocycles. The molecule has 0 aliphatic carbocycles. The molecule has 1 amide bonds. The maximum atomic E-state index is 11.7. The molecule has 6 nitrogen and oxygen atoms in total. The largest absolute Gasteiger partial charge is 0.481 e. The number of hydrogen-bond donors (Lipinski definition) is 2. The zero-order valence-corrected chi connectivity index (χ0v) is 8.63. The molecule has 88 valence electrons. The van der Waals surface area contributed by atoms with E-state index in [4.69, 9.17) is 14.6 Å². The predicted molar refractivity (Wildman–Crippen MR) is 54.0 cm³/mol. The van der Waals surface area contributed by atoms with Crippen LogP contribution in [0.5, 0.6) is 0 Å². The molecular formula is C10H13NO5. The zero-order chi connectivity index (χ0) is 12.0. The Morgan fingerprint density at radius 3 is 2.62 bits per heavy atom. The van der Waals surface area contributed by atoms with Gasteiger partial charge in [0, 0.05) is 13.1 Å². The van der Waals surface area contributed by atoms with E-state index in [0.717, 1.165) is 0 Å². The van der Waals surface area contributed by atoms with E-state index in [1.807, 2.05) is 0 Å². The van der Waals surface area contributed by atoms with Crippen LogP contribution >= 0.6 is 0 Å². The summed E-state index contributed by atoms with van der Waals surface area (Å²) >= 11 is 0. The molecule has 1 rings (SSSR count). The first-order chi connectivity index (χ1) is 7.65. The van der Waals surface area contributed by atoms with Gasteiger partial charge in [-0.25, -0.2) is 0 Å². The number of carbonyl (C=O) groups excluding carboxylic acids is 1. The Kier molecular flexibility index (Phi) is 4.53. The molecule has 0 spiro atoms. The smallest absolute Gasteiger partial charge is 0.305 e. The number of carboxylic acid groups (broad SMARTS) is 1. The van der Waals surface area contributed by atoms with E-state index >= 15 is 0 Å². The maximum Gasteiger partial charge on any atom is 0.305 e. The molecule has 0 bridgehead atoms. The minimum absolute atomic E-state index is 0.0510. The van der Waals surface area contributed by atoms with Crippen molar-refractivity contribution in [2.75, 3.05) is 19.7 Å². The molecule has 0 fully saturated rings. The van der Waals surface area contributed by atoms with Crippen molar-refractivity contribution in [2.24, 2.45) is 0 Å². The fourth-order valence-electron chi connectivity index (χ4n) is 1.22. The Hall–Kier alpha value is -1.82. The van der Waals surface area contributed by atoms with Crippen molar-refractivity contribution in [3.63, 3.8) is 0 Å². The zero-order valence-electron chi connectivity index (χ0n) is 8.63. The quantitative estimate of drug-likeness (QED) is 0.723. The number of rotatable bonds is 6. The topological polar surface area (TPSA) is 91.0 Å². The third-order valence-corrected chi connectivity index (χ3v) is 1.98. The first-order valence-electron chi connectivity index (χ1n) is 4.80. The Bertz CT molecular complexity index is 346. The number of amides is 1. The Balaban J connectivity index is 2.62. The molecule has 2 N–H and O–H groups in total. The first-order valence-corrected chi connectivity index (χ1v) is 4.80. The summed E-state index contributed by atoms with van der Waals surface area (Å²) in [4.78, 5) is 23.4. The summed E-state index contributed by atoms with van der Waals surface area (Å²) in [7, 11) is 0. The number of nitrogens with zero attached hydrogens (tertiary/aromatic N) is 1. The van der Waals surface area contributed by atoms with E-state index in [-0.39, 0.29) is 31.9 Å². The SMILES string of the molecule is O=C(O)CCN(CCO)C(=O)c1ccco1. The van der Waals surface area contributed by atoms with Crippen LogP contribution in [-0.2, 0) is 4.79 Å². The van der Waals surface area contributed by atoms with Gasteiger partial charge in [0.25, 0.3) is 5.91 Å². The highest BCUT2D eigenvalue weighted by Crippen LogP contribution is 2.06. The number of aliphatic hydroxyl groups is 1. The first kappa shape index (κ1) is 12.3. The minimum atomic E-state index is -0.991. The van der Waals surface area contributed by atoms with Crippen LogP contribution in [0.1, 0.15) is 17.0 Å². The summed E-state index contributed by atoms with van der Waals surface area (Å²) in [5.41, 5.74) is 0. The normalized spacial score (nSPS) is 10.1.